The van der Waals surface area contributed by atoms with Crippen LogP contribution in [0.4, 0.5) is 0 Å². The normalized spacial score (nSPS) is 24.7. The highest BCUT2D eigenvalue weighted by Crippen LogP contribution is 2.29. The van der Waals surface area contributed by atoms with Gasteiger partial charge in [-0.3, -0.25) is 4.90 Å². The van der Waals surface area contributed by atoms with E-state index in [-0.39, 0.29) is 5.41 Å². The van der Waals surface area contributed by atoms with Crippen LogP contribution >= 0.6 is 0 Å². The number of methoxy groups -OCH3 is 1. The molecule has 19 heavy (non-hydrogen) atoms. The Morgan fingerprint density at radius 2 is 2.05 bits per heavy atom. The maximum atomic E-state index is 5.86. The molecule has 0 amide bonds. The zero-order chi connectivity index (χ0) is 13.6. The van der Waals surface area contributed by atoms with E-state index in [1.807, 2.05) is 4.68 Å². The van der Waals surface area contributed by atoms with E-state index in [2.05, 4.69) is 36.8 Å². The van der Waals surface area contributed by atoms with E-state index in [1.165, 1.54) is 0 Å². The number of nitrogens with zero attached hydrogens (tertiary/aromatic N) is 3. The van der Waals surface area contributed by atoms with Crippen molar-refractivity contribution in [3.8, 4) is 5.88 Å². The molecule has 1 aromatic rings. The molecular weight excluding hydrogens is 242 g/mol. The lowest BCUT2D eigenvalue weighted by Gasteiger charge is -2.44. The molecule has 0 radical (unpaired) electrons. The zero-order valence-electron chi connectivity index (χ0n) is 12.2. The van der Waals surface area contributed by atoms with E-state index >= 15 is 0 Å². The van der Waals surface area contributed by atoms with Gasteiger partial charge in [0.2, 0.25) is 5.88 Å². The Balaban J connectivity index is 1.69. The third-order valence-corrected chi connectivity index (χ3v) is 4.04. The van der Waals surface area contributed by atoms with Crippen LogP contribution < -0.4 is 4.74 Å². The second-order valence-electron chi connectivity index (χ2n) is 6.58. The van der Waals surface area contributed by atoms with E-state index in [9.17, 15) is 0 Å². The first-order chi connectivity index (χ1) is 8.97. The largest absolute Gasteiger partial charge is 0.476 e. The number of hydrogen-bond acceptors (Lipinski definition) is 4. The average Bonchev–Trinajstić information content (AvgIpc) is 2.70. The Labute approximate surface area is 114 Å². The summed E-state index contributed by atoms with van der Waals surface area (Å²) in [5.41, 5.74) is 1.17. The first kappa shape index (κ1) is 12.9. The Morgan fingerprint density at radius 1 is 1.32 bits per heavy atom. The van der Waals surface area contributed by atoms with E-state index in [0.29, 0.717) is 12.1 Å². The minimum absolute atomic E-state index is 0.0705. The topological polar surface area (TPSA) is 39.5 Å². The fourth-order valence-electron chi connectivity index (χ4n) is 2.58. The summed E-state index contributed by atoms with van der Waals surface area (Å²) in [5, 5.41) is 4.69. The molecule has 3 heterocycles. The van der Waals surface area contributed by atoms with E-state index < -0.39 is 0 Å². The molecule has 0 saturated carbocycles. The molecule has 5 heteroatoms. The van der Waals surface area contributed by atoms with Crippen molar-refractivity contribution in [3.05, 3.63) is 11.8 Å². The second kappa shape index (κ2) is 4.49. The van der Waals surface area contributed by atoms with Gasteiger partial charge in [0.25, 0.3) is 0 Å². The summed E-state index contributed by atoms with van der Waals surface area (Å²) < 4.78 is 13.2. The molecule has 0 spiro atoms. The molecule has 1 atom stereocenters. The fraction of sp³-hybridized carbons (Fsp3) is 0.786. The van der Waals surface area contributed by atoms with Gasteiger partial charge in [0.05, 0.1) is 24.4 Å². The molecular formula is C14H23N3O2. The third kappa shape index (κ3) is 2.37. The van der Waals surface area contributed by atoms with Gasteiger partial charge >= 0.3 is 0 Å². The molecule has 0 unspecified atom stereocenters. The van der Waals surface area contributed by atoms with Crippen molar-refractivity contribution in [2.45, 2.75) is 44.9 Å². The van der Waals surface area contributed by atoms with Gasteiger partial charge in [-0.2, -0.15) is 5.10 Å². The number of likely N-dealkylation sites (tertiary alicyclic amines) is 1. The number of ether oxygens (including phenoxy) is 2. The van der Waals surface area contributed by atoms with Gasteiger partial charge in [-0.15, -0.1) is 0 Å². The van der Waals surface area contributed by atoms with Gasteiger partial charge in [0.1, 0.15) is 6.61 Å². The molecule has 5 nitrogen and oxygen atoms in total. The first-order valence-corrected chi connectivity index (χ1v) is 6.95. The Morgan fingerprint density at radius 3 is 2.68 bits per heavy atom. The lowest BCUT2D eigenvalue weighted by atomic mass is 9.93. The summed E-state index contributed by atoms with van der Waals surface area (Å²) in [4.78, 5) is 2.41. The van der Waals surface area contributed by atoms with Crippen LogP contribution in [0.25, 0.3) is 0 Å². The van der Waals surface area contributed by atoms with Crippen LogP contribution in [0, 0.1) is 0 Å². The Hall–Kier alpha value is -1.07. The van der Waals surface area contributed by atoms with Crippen LogP contribution in [0.15, 0.2) is 6.07 Å². The summed E-state index contributed by atoms with van der Waals surface area (Å²) in [5.74, 6) is 0.907. The van der Waals surface area contributed by atoms with Crippen LogP contribution in [0.1, 0.15) is 26.5 Å². The van der Waals surface area contributed by atoms with E-state index in [0.717, 1.165) is 37.8 Å². The molecule has 1 fully saturated rings. The molecule has 2 aliphatic rings. The smallest absolute Gasteiger partial charge is 0.212 e. The molecule has 1 aromatic heterocycles. The highest BCUT2D eigenvalue weighted by Gasteiger charge is 2.35. The number of rotatable bonds is 2. The summed E-state index contributed by atoms with van der Waals surface area (Å²) in [6.07, 6.45) is 0.393. The predicted molar refractivity (Wildman–Crippen MR) is 72.6 cm³/mol. The van der Waals surface area contributed by atoms with Gasteiger partial charge in [0.15, 0.2) is 0 Å². The molecule has 3 rings (SSSR count). The molecule has 0 aromatic carbocycles. The lowest BCUT2D eigenvalue weighted by molar-refractivity contribution is -0.0684. The first-order valence-electron chi connectivity index (χ1n) is 6.95. The van der Waals surface area contributed by atoms with Gasteiger partial charge in [-0.25, -0.2) is 4.68 Å². The lowest BCUT2D eigenvalue weighted by Crippen LogP contribution is -2.59. The molecule has 2 aliphatic heterocycles. The number of aromatic nitrogens is 2. The molecule has 1 saturated heterocycles. The van der Waals surface area contributed by atoms with Crippen LogP contribution in [0.2, 0.25) is 0 Å². The highest BCUT2D eigenvalue weighted by molar-refractivity contribution is 5.23. The van der Waals surface area contributed by atoms with Crippen LogP contribution in [0.5, 0.6) is 5.88 Å². The number of hydrogen-bond donors (Lipinski definition) is 0. The Kier molecular flexibility index (Phi) is 3.06. The fourth-order valence-corrected chi connectivity index (χ4v) is 2.58. The van der Waals surface area contributed by atoms with Crippen LogP contribution in [0.3, 0.4) is 0 Å². The Bertz CT molecular complexity index is 458. The summed E-state index contributed by atoms with van der Waals surface area (Å²) in [6.45, 7) is 10.2. The average molecular weight is 265 g/mol. The van der Waals surface area contributed by atoms with Crippen molar-refractivity contribution in [1.82, 2.24) is 14.7 Å². The minimum atomic E-state index is 0.0705. The second-order valence-corrected chi connectivity index (χ2v) is 6.58. The van der Waals surface area contributed by atoms with Crippen LogP contribution in [-0.2, 0) is 16.7 Å². The molecule has 0 aliphatic carbocycles. The van der Waals surface area contributed by atoms with E-state index in [1.54, 1.807) is 7.11 Å². The zero-order valence-corrected chi connectivity index (χ0v) is 12.2. The maximum Gasteiger partial charge on any atom is 0.212 e. The van der Waals surface area contributed by atoms with Gasteiger partial charge in [-0.1, -0.05) is 20.8 Å². The van der Waals surface area contributed by atoms with Crippen molar-refractivity contribution in [2.24, 2.45) is 0 Å². The van der Waals surface area contributed by atoms with Crippen molar-refractivity contribution >= 4 is 0 Å². The summed E-state index contributed by atoms with van der Waals surface area (Å²) in [7, 11) is 1.78. The minimum Gasteiger partial charge on any atom is -0.476 e. The van der Waals surface area contributed by atoms with Gasteiger partial charge in [-0.05, 0) is 0 Å². The SMILES string of the molecule is COC1CN([C@H]2COc3cc(C(C)(C)C)nn3C2)C1. The van der Waals surface area contributed by atoms with Crippen LogP contribution in [-0.4, -0.2) is 53.6 Å². The maximum absolute atomic E-state index is 5.86. The predicted octanol–water partition coefficient (Wildman–Crippen LogP) is 1.27. The highest BCUT2D eigenvalue weighted by atomic mass is 16.5. The van der Waals surface area contributed by atoms with E-state index in [4.69, 9.17) is 9.47 Å². The van der Waals surface area contributed by atoms with Gasteiger partial charge < -0.3 is 9.47 Å². The summed E-state index contributed by atoms with van der Waals surface area (Å²) >= 11 is 0. The standard InChI is InChI=1S/C14H23N3O2/c1-14(2,3)12-5-13-17(15-12)6-10(9-19-13)16-7-11(8-16)18-4/h5,10-11H,6-9H2,1-4H3/t10-/m1/s1. The monoisotopic (exact) mass is 265 g/mol. The molecule has 106 valence electrons. The van der Waals surface area contributed by atoms with Gasteiger partial charge in [0, 0.05) is 31.7 Å². The summed E-state index contributed by atoms with van der Waals surface area (Å²) in [6, 6.07) is 2.50. The number of fused-ring (bicyclic) bond motifs is 1. The quantitative estimate of drug-likeness (QED) is 0.807. The van der Waals surface area contributed by atoms with Crippen molar-refractivity contribution in [3.63, 3.8) is 0 Å². The third-order valence-electron chi connectivity index (χ3n) is 4.04. The van der Waals surface area contributed by atoms with Crippen molar-refractivity contribution in [1.29, 1.82) is 0 Å². The van der Waals surface area contributed by atoms with Crippen molar-refractivity contribution < 1.29 is 9.47 Å². The molecule has 0 bridgehead atoms. The molecule has 0 N–H and O–H groups in total. The van der Waals surface area contributed by atoms with Crippen molar-refractivity contribution in [2.75, 3.05) is 26.8 Å².